The molecule has 0 saturated carbocycles. The second kappa shape index (κ2) is 5.97. The van der Waals surface area contributed by atoms with Gasteiger partial charge in [0.15, 0.2) is 0 Å². The lowest BCUT2D eigenvalue weighted by molar-refractivity contribution is -0.117. The molecule has 18 heavy (non-hydrogen) atoms. The van der Waals surface area contributed by atoms with Crippen LogP contribution in [0.4, 0.5) is 5.69 Å². The third-order valence-electron chi connectivity index (χ3n) is 2.62. The van der Waals surface area contributed by atoms with Crippen LogP contribution in [0.25, 0.3) is 0 Å². The summed E-state index contributed by atoms with van der Waals surface area (Å²) in [7, 11) is 0. The fourth-order valence-electron chi connectivity index (χ4n) is 1.60. The van der Waals surface area contributed by atoms with Gasteiger partial charge in [-0.15, -0.1) is 0 Å². The molecule has 0 saturated heterocycles. The summed E-state index contributed by atoms with van der Waals surface area (Å²) in [5.41, 5.74) is 7.51. The summed E-state index contributed by atoms with van der Waals surface area (Å²) in [4.78, 5) is 11.7. The Bertz CT molecular complexity index is 482. The van der Waals surface area contributed by atoms with Crippen molar-refractivity contribution < 1.29 is 9.32 Å². The molecule has 1 atom stereocenters. The highest BCUT2D eigenvalue weighted by Gasteiger charge is 2.14. The first-order chi connectivity index (χ1) is 8.75. The third-order valence-corrected chi connectivity index (χ3v) is 2.62. The van der Waals surface area contributed by atoms with Crippen molar-refractivity contribution in [1.82, 2.24) is 5.16 Å². The molecule has 3 N–H and O–H groups in total. The van der Waals surface area contributed by atoms with E-state index in [2.05, 4.69) is 15.0 Å². The molecule has 5 heteroatoms. The van der Waals surface area contributed by atoms with Gasteiger partial charge >= 0.3 is 0 Å². The molecule has 0 spiro atoms. The number of nitrogens with two attached hydrogens (primary N) is 1. The summed E-state index contributed by atoms with van der Waals surface area (Å²) in [6, 6.07) is 9.40. The molecular weight excluding hydrogens is 230 g/mol. The third kappa shape index (κ3) is 3.43. The van der Waals surface area contributed by atoms with Gasteiger partial charge in [-0.3, -0.25) is 4.79 Å². The van der Waals surface area contributed by atoms with Gasteiger partial charge in [-0.25, -0.2) is 0 Å². The molecule has 0 fully saturated rings. The van der Waals surface area contributed by atoms with Crippen LogP contribution in [0.2, 0.25) is 0 Å². The van der Waals surface area contributed by atoms with Crippen LogP contribution < -0.4 is 11.1 Å². The summed E-state index contributed by atoms with van der Waals surface area (Å²) in [5.74, 6) is -0.228. The number of carbonyl (C=O) groups excluding carboxylic acids is 1. The number of nitrogens with one attached hydrogen (secondary N) is 1. The fraction of sp³-hybridized carbons (Fsp3) is 0.231. The SMILES string of the molecule is NC(CCc1ccccc1)C(=O)Nc1cnoc1. The standard InChI is InChI=1S/C13H15N3O2/c14-12(7-6-10-4-2-1-3-5-10)13(17)16-11-8-15-18-9-11/h1-5,8-9,12H,6-7,14H2,(H,16,17). The average Bonchev–Trinajstić information content (AvgIpc) is 2.90. The topological polar surface area (TPSA) is 81.2 Å². The molecule has 0 aliphatic rings. The first kappa shape index (κ1) is 12.3. The van der Waals surface area contributed by atoms with E-state index in [0.29, 0.717) is 12.1 Å². The van der Waals surface area contributed by atoms with E-state index in [9.17, 15) is 4.79 Å². The van der Waals surface area contributed by atoms with E-state index >= 15 is 0 Å². The monoisotopic (exact) mass is 245 g/mol. The summed E-state index contributed by atoms with van der Waals surface area (Å²) in [6.45, 7) is 0. The van der Waals surface area contributed by atoms with Crippen molar-refractivity contribution in [2.45, 2.75) is 18.9 Å². The summed E-state index contributed by atoms with van der Waals surface area (Å²) >= 11 is 0. The highest BCUT2D eigenvalue weighted by Crippen LogP contribution is 2.07. The maximum absolute atomic E-state index is 11.7. The number of benzene rings is 1. The Labute approximate surface area is 105 Å². The van der Waals surface area contributed by atoms with Gasteiger partial charge in [-0.2, -0.15) is 0 Å². The molecule has 1 amide bonds. The number of carbonyl (C=O) groups is 1. The Balaban J connectivity index is 1.81. The molecule has 2 aromatic rings. The van der Waals surface area contributed by atoms with Gasteiger partial charge in [0.1, 0.15) is 12.0 Å². The molecule has 0 bridgehead atoms. The van der Waals surface area contributed by atoms with Crippen LogP contribution in [0.15, 0.2) is 47.3 Å². The Morgan fingerprint density at radius 3 is 2.83 bits per heavy atom. The van der Waals surface area contributed by atoms with Crippen LogP contribution in [0, 0.1) is 0 Å². The summed E-state index contributed by atoms with van der Waals surface area (Å²) in [6.07, 6.45) is 4.17. The maximum atomic E-state index is 11.7. The number of anilines is 1. The first-order valence-electron chi connectivity index (χ1n) is 5.75. The molecule has 2 rings (SSSR count). The molecule has 94 valence electrons. The van der Waals surface area contributed by atoms with Crippen LogP contribution in [0.1, 0.15) is 12.0 Å². The van der Waals surface area contributed by atoms with Crippen LogP contribution in [-0.4, -0.2) is 17.1 Å². The number of hydrogen-bond acceptors (Lipinski definition) is 4. The smallest absolute Gasteiger partial charge is 0.241 e. The van der Waals surface area contributed by atoms with Gasteiger partial charge in [0.25, 0.3) is 0 Å². The highest BCUT2D eigenvalue weighted by atomic mass is 16.5. The zero-order chi connectivity index (χ0) is 12.8. The van der Waals surface area contributed by atoms with E-state index < -0.39 is 6.04 Å². The molecular formula is C13H15N3O2. The Morgan fingerprint density at radius 1 is 1.39 bits per heavy atom. The highest BCUT2D eigenvalue weighted by molar-refractivity contribution is 5.94. The van der Waals surface area contributed by atoms with E-state index in [0.717, 1.165) is 6.42 Å². The lowest BCUT2D eigenvalue weighted by Gasteiger charge is -2.10. The van der Waals surface area contributed by atoms with Crippen molar-refractivity contribution in [1.29, 1.82) is 0 Å². The molecule has 1 unspecified atom stereocenters. The Kier molecular flexibility index (Phi) is 4.09. The van der Waals surface area contributed by atoms with Crippen LogP contribution in [-0.2, 0) is 11.2 Å². The predicted octanol–water partition coefficient (Wildman–Crippen LogP) is 1.57. The predicted molar refractivity (Wildman–Crippen MR) is 67.9 cm³/mol. The van der Waals surface area contributed by atoms with Crippen LogP contribution in [0.5, 0.6) is 0 Å². The minimum Gasteiger partial charge on any atom is -0.363 e. The van der Waals surface area contributed by atoms with E-state index in [-0.39, 0.29) is 5.91 Å². The number of amides is 1. The van der Waals surface area contributed by atoms with Gasteiger partial charge in [-0.05, 0) is 18.4 Å². The lowest BCUT2D eigenvalue weighted by atomic mass is 10.1. The van der Waals surface area contributed by atoms with Gasteiger partial charge < -0.3 is 15.6 Å². The number of nitrogens with zero attached hydrogens (tertiary/aromatic N) is 1. The zero-order valence-corrected chi connectivity index (χ0v) is 9.87. The zero-order valence-electron chi connectivity index (χ0n) is 9.87. The molecule has 1 heterocycles. The fourth-order valence-corrected chi connectivity index (χ4v) is 1.60. The number of rotatable bonds is 5. The summed E-state index contributed by atoms with van der Waals surface area (Å²) < 4.78 is 4.62. The van der Waals surface area contributed by atoms with Crippen LogP contribution in [0.3, 0.4) is 0 Å². The molecule has 0 radical (unpaired) electrons. The number of aryl methyl sites for hydroxylation is 1. The van der Waals surface area contributed by atoms with Crippen molar-refractivity contribution in [3.05, 3.63) is 48.4 Å². The van der Waals surface area contributed by atoms with Gasteiger partial charge in [0, 0.05) is 0 Å². The molecule has 5 nitrogen and oxygen atoms in total. The quantitative estimate of drug-likeness (QED) is 0.837. The van der Waals surface area contributed by atoms with E-state index in [4.69, 9.17) is 5.73 Å². The second-order valence-corrected chi connectivity index (χ2v) is 4.03. The van der Waals surface area contributed by atoms with E-state index in [1.54, 1.807) is 0 Å². The Morgan fingerprint density at radius 2 is 2.17 bits per heavy atom. The second-order valence-electron chi connectivity index (χ2n) is 4.03. The average molecular weight is 245 g/mol. The van der Waals surface area contributed by atoms with E-state index in [1.165, 1.54) is 18.0 Å². The van der Waals surface area contributed by atoms with E-state index in [1.807, 2.05) is 30.3 Å². The van der Waals surface area contributed by atoms with Gasteiger partial charge in [0.05, 0.1) is 12.2 Å². The Hall–Kier alpha value is -2.14. The van der Waals surface area contributed by atoms with Crippen molar-refractivity contribution >= 4 is 11.6 Å². The largest absolute Gasteiger partial charge is 0.363 e. The lowest BCUT2D eigenvalue weighted by Crippen LogP contribution is -2.35. The minimum atomic E-state index is -0.542. The molecule has 1 aromatic carbocycles. The van der Waals surface area contributed by atoms with Crippen molar-refractivity contribution in [3.63, 3.8) is 0 Å². The molecule has 0 aliphatic carbocycles. The van der Waals surface area contributed by atoms with Gasteiger partial charge in [-0.1, -0.05) is 35.5 Å². The van der Waals surface area contributed by atoms with Crippen molar-refractivity contribution in [3.8, 4) is 0 Å². The molecule has 1 aromatic heterocycles. The van der Waals surface area contributed by atoms with Crippen molar-refractivity contribution in [2.24, 2.45) is 5.73 Å². The normalized spacial score (nSPS) is 12.1. The van der Waals surface area contributed by atoms with Crippen molar-refractivity contribution in [2.75, 3.05) is 5.32 Å². The number of hydrogen-bond donors (Lipinski definition) is 2. The molecule has 0 aliphatic heterocycles. The van der Waals surface area contributed by atoms with Gasteiger partial charge in [0.2, 0.25) is 5.91 Å². The number of aromatic nitrogens is 1. The van der Waals surface area contributed by atoms with Crippen LogP contribution >= 0.6 is 0 Å². The first-order valence-corrected chi connectivity index (χ1v) is 5.75. The summed E-state index contributed by atoms with van der Waals surface area (Å²) in [5, 5.41) is 6.14. The maximum Gasteiger partial charge on any atom is 0.241 e. The minimum absolute atomic E-state index is 0.228.